The molecule has 0 saturated carbocycles. The number of likely N-dealkylation sites (tertiary alicyclic amines) is 1. The van der Waals surface area contributed by atoms with E-state index in [1.165, 1.54) is 0 Å². The lowest BCUT2D eigenvalue weighted by Crippen LogP contribution is -2.41. The van der Waals surface area contributed by atoms with Gasteiger partial charge in [0.2, 0.25) is 10.0 Å². The van der Waals surface area contributed by atoms with Crippen LogP contribution in [0, 0.1) is 0 Å². The highest BCUT2D eigenvalue weighted by Gasteiger charge is 2.40. The highest BCUT2D eigenvalue weighted by molar-refractivity contribution is 7.88. The van der Waals surface area contributed by atoms with Crippen molar-refractivity contribution in [1.29, 1.82) is 0 Å². The molecule has 3 aliphatic heterocycles. The van der Waals surface area contributed by atoms with E-state index in [-0.39, 0.29) is 36.0 Å². The molecular weight excluding hydrogens is 494 g/mol. The molecule has 1 aromatic heterocycles. The van der Waals surface area contributed by atoms with Crippen molar-refractivity contribution in [1.82, 2.24) is 14.2 Å². The molecule has 4 heterocycles. The number of nitrogens with zero attached hydrogens (tertiary/aromatic N) is 3. The number of carbonyl (C=O) groups is 1. The summed E-state index contributed by atoms with van der Waals surface area (Å²) in [5, 5.41) is 0. The van der Waals surface area contributed by atoms with Crippen molar-refractivity contribution in [2.24, 2.45) is 0 Å². The number of pyridine rings is 1. The van der Waals surface area contributed by atoms with Gasteiger partial charge in [-0.3, -0.25) is 9.78 Å². The monoisotopic (exact) mass is 529 g/mol. The molecule has 3 aliphatic rings. The van der Waals surface area contributed by atoms with E-state index in [4.69, 9.17) is 14.2 Å². The minimum atomic E-state index is -3.56. The summed E-state index contributed by atoms with van der Waals surface area (Å²) >= 11 is 0. The van der Waals surface area contributed by atoms with Crippen molar-refractivity contribution in [2.45, 2.75) is 62.2 Å². The first-order chi connectivity index (χ1) is 17.9. The molecule has 4 atom stereocenters. The third-order valence-electron chi connectivity index (χ3n) is 7.41. The van der Waals surface area contributed by atoms with Gasteiger partial charge in [0, 0.05) is 26.5 Å². The number of benzene rings is 1. The van der Waals surface area contributed by atoms with E-state index in [1.54, 1.807) is 40.7 Å². The molecule has 0 radical (unpaired) electrons. The molecule has 9 nitrogen and oxygen atoms in total. The number of rotatable bonds is 8. The van der Waals surface area contributed by atoms with Crippen LogP contribution in [0.4, 0.5) is 0 Å². The molecule has 0 N–H and O–H groups in total. The number of ether oxygens (including phenoxy) is 3. The van der Waals surface area contributed by atoms with Crippen LogP contribution in [0.3, 0.4) is 0 Å². The maximum Gasteiger partial charge on any atom is 0.251 e. The zero-order chi connectivity index (χ0) is 25.8. The molecule has 0 bridgehead atoms. The molecule has 37 heavy (non-hydrogen) atoms. The Balaban J connectivity index is 1.25. The van der Waals surface area contributed by atoms with E-state index in [9.17, 15) is 13.2 Å². The number of aromatic nitrogens is 1. The first-order valence-electron chi connectivity index (χ1n) is 13.0. The van der Waals surface area contributed by atoms with Gasteiger partial charge in [0.25, 0.3) is 5.91 Å². The number of methoxy groups -OCH3 is 1. The number of amides is 1. The smallest absolute Gasteiger partial charge is 0.251 e. The van der Waals surface area contributed by atoms with Crippen LogP contribution >= 0.6 is 0 Å². The summed E-state index contributed by atoms with van der Waals surface area (Å²) in [5.74, 6) is 0.432. The molecule has 1 amide bonds. The number of sulfonamides is 1. The van der Waals surface area contributed by atoms with Crippen LogP contribution < -0.4 is 4.74 Å². The fourth-order valence-corrected chi connectivity index (χ4v) is 7.30. The lowest BCUT2D eigenvalue weighted by Gasteiger charge is -2.26. The third kappa shape index (κ3) is 5.98. The molecule has 2 aromatic rings. The zero-order valence-corrected chi connectivity index (χ0v) is 22.0. The zero-order valence-electron chi connectivity index (χ0n) is 21.2. The van der Waals surface area contributed by atoms with E-state index in [0.29, 0.717) is 37.6 Å². The molecule has 0 aliphatic carbocycles. The second-order valence-corrected chi connectivity index (χ2v) is 11.9. The number of hydrogen-bond donors (Lipinski definition) is 0. The molecule has 1 aromatic carbocycles. The second kappa shape index (κ2) is 11.5. The van der Waals surface area contributed by atoms with Crippen LogP contribution in [0.1, 0.15) is 49.4 Å². The van der Waals surface area contributed by atoms with Gasteiger partial charge in [0.15, 0.2) is 0 Å². The molecule has 10 heteroatoms. The van der Waals surface area contributed by atoms with E-state index in [0.717, 1.165) is 37.8 Å². The van der Waals surface area contributed by atoms with Gasteiger partial charge in [0.05, 0.1) is 30.6 Å². The summed E-state index contributed by atoms with van der Waals surface area (Å²) in [7, 11) is -1.94. The maximum atomic E-state index is 13.4. The van der Waals surface area contributed by atoms with Crippen LogP contribution in [0.25, 0.3) is 0 Å². The van der Waals surface area contributed by atoms with Gasteiger partial charge in [-0.15, -0.1) is 0 Å². The number of carbonyl (C=O) groups excluding carboxylic acids is 1. The minimum Gasteiger partial charge on any atom is -0.486 e. The summed E-state index contributed by atoms with van der Waals surface area (Å²) in [6, 6.07) is 12.6. The van der Waals surface area contributed by atoms with Gasteiger partial charge in [-0.1, -0.05) is 18.2 Å². The van der Waals surface area contributed by atoms with Crippen molar-refractivity contribution in [2.75, 3.05) is 33.4 Å². The first-order valence-corrected chi connectivity index (χ1v) is 14.6. The Kier molecular flexibility index (Phi) is 8.09. The SMILES string of the molecule is COC1CN(C(=O)C2CCCCO2)CC1Oc1cccc(CS(=O)(=O)N2CCCC2c2ccccn2)c1. The minimum absolute atomic E-state index is 0.0132. The molecular formula is C27H35N3O6S. The Bertz CT molecular complexity index is 1170. The van der Waals surface area contributed by atoms with Gasteiger partial charge in [-0.25, -0.2) is 8.42 Å². The predicted molar refractivity (Wildman–Crippen MR) is 137 cm³/mol. The summed E-state index contributed by atoms with van der Waals surface area (Å²) in [6.45, 7) is 1.95. The molecule has 200 valence electrons. The van der Waals surface area contributed by atoms with E-state index >= 15 is 0 Å². The Morgan fingerprint density at radius 1 is 1.08 bits per heavy atom. The average Bonchev–Trinajstić information content (AvgIpc) is 3.57. The van der Waals surface area contributed by atoms with Gasteiger partial charge < -0.3 is 19.1 Å². The Morgan fingerprint density at radius 2 is 1.95 bits per heavy atom. The van der Waals surface area contributed by atoms with Gasteiger partial charge in [-0.05, 0) is 61.9 Å². The summed E-state index contributed by atoms with van der Waals surface area (Å²) in [5.41, 5.74) is 1.44. The first kappa shape index (κ1) is 26.1. The van der Waals surface area contributed by atoms with Crippen molar-refractivity contribution in [3.05, 3.63) is 59.9 Å². The molecule has 3 fully saturated rings. The Labute approximate surface area is 218 Å². The predicted octanol–water partition coefficient (Wildman–Crippen LogP) is 2.92. The van der Waals surface area contributed by atoms with Crippen molar-refractivity contribution in [3.8, 4) is 5.75 Å². The van der Waals surface area contributed by atoms with E-state index in [2.05, 4.69) is 4.98 Å². The lowest BCUT2D eigenvalue weighted by molar-refractivity contribution is -0.145. The summed E-state index contributed by atoms with van der Waals surface area (Å²) < 4.78 is 45.9. The Hall–Kier alpha value is -2.53. The standard InChI is InChI=1S/C27H35N3O6S/c1-34-25-17-29(27(31)24-12-3-5-15-35-24)18-26(25)36-21-9-6-8-20(16-21)19-37(32,33)30-14-7-11-23(30)22-10-2-4-13-28-22/h2,4,6,8-10,13,16,23-26H,3,5,7,11-12,14-15,17-19H2,1H3. The highest BCUT2D eigenvalue weighted by Crippen LogP contribution is 2.34. The molecule has 4 unspecified atom stereocenters. The third-order valence-corrected chi connectivity index (χ3v) is 9.26. The van der Waals surface area contributed by atoms with Crippen LogP contribution in [0.15, 0.2) is 48.7 Å². The largest absolute Gasteiger partial charge is 0.486 e. The van der Waals surface area contributed by atoms with Gasteiger partial charge >= 0.3 is 0 Å². The fraction of sp³-hybridized carbons (Fsp3) is 0.556. The summed E-state index contributed by atoms with van der Waals surface area (Å²) in [4.78, 5) is 19.1. The van der Waals surface area contributed by atoms with Crippen molar-refractivity contribution < 1.29 is 27.4 Å². The lowest BCUT2D eigenvalue weighted by atomic mass is 10.1. The van der Waals surface area contributed by atoms with Crippen molar-refractivity contribution >= 4 is 15.9 Å². The highest BCUT2D eigenvalue weighted by atomic mass is 32.2. The van der Waals surface area contributed by atoms with Gasteiger partial charge in [0.1, 0.15) is 24.1 Å². The quantitative estimate of drug-likeness (QED) is 0.519. The summed E-state index contributed by atoms with van der Waals surface area (Å²) in [6.07, 6.45) is 4.99. The van der Waals surface area contributed by atoms with Crippen LogP contribution in [-0.4, -0.2) is 80.2 Å². The Morgan fingerprint density at radius 3 is 2.70 bits per heavy atom. The van der Waals surface area contributed by atoms with E-state index < -0.39 is 10.0 Å². The van der Waals surface area contributed by atoms with Gasteiger partial charge in [-0.2, -0.15) is 4.31 Å². The second-order valence-electron chi connectivity index (χ2n) is 9.96. The fourth-order valence-electron chi connectivity index (χ4n) is 5.52. The number of hydrogen-bond acceptors (Lipinski definition) is 7. The topological polar surface area (TPSA) is 98.3 Å². The van der Waals surface area contributed by atoms with Crippen LogP contribution in [-0.2, 0) is 30.0 Å². The van der Waals surface area contributed by atoms with Crippen LogP contribution in [0.5, 0.6) is 5.75 Å². The maximum absolute atomic E-state index is 13.4. The van der Waals surface area contributed by atoms with Crippen molar-refractivity contribution in [3.63, 3.8) is 0 Å². The van der Waals surface area contributed by atoms with E-state index in [1.807, 2.05) is 24.3 Å². The molecule has 0 spiro atoms. The molecule has 5 rings (SSSR count). The average molecular weight is 530 g/mol. The van der Waals surface area contributed by atoms with Crippen LogP contribution in [0.2, 0.25) is 0 Å². The normalized spacial score (nSPS) is 26.9. The molecule has 3 saturated heterocycles.